The molecule has 0 radical (unpaired) electrons. The van der Waals surface area contributed by atoms with Crippen LogP contribution in [-0.4, -0.2) is 60.9 Å². The zero-order valence-corrected chi connectivity index (χ0v) is 19.8. The molecule has 0 aliphatic carbocycles. The maximum absolute atomic E-state index is 12.9. The van der Waals surface area contributed by atoms with Gasteiger partial charge in [0.05, 0.1) is 18.2 Å². The minimum atomic E-state index is -0.583. The molecule has 1 saturated heterocycles. The number of hydrogen-bond donors (Lipinski definition) is 3. The number of hydrogen-bond acceptors (Lipinski definition) is 6. The lowest BCUT2D eigenvalue weighted by Gasteiger charge is -2.35. The van der Waals surface area contributed by atoms with Crippen LogP contribution < -0.4 is 16.0 Å². The second-order valence-corrected chi connectivity index (χ2v) is 9.25. The number of alkyl carbamates (subject to hydrolysis) is 1. The third-order valence-corrected chi connectivity index (χ3v) is 5.47. The number of piperidine rings is 1. The third kappa shape index (κ3) is 6.95. The van der Waals surface area contributed by atoms with Crippen LogP contribution in [0.5, 0.6) is 0 Å². The van der Waals surface area contributed by atoms with E-state index in [0.717, 1.165) is 18.4 Å². The second-order valence-electron chi connectivity index (χ2n) is 9.25. The monoisotopic (exact) mass is 458 g/mol. The van der Waals surface area contributed by atoms with Crippen LogP contribution >= 0.6 is 0 Å². The van der Waals surface area contributed by atoms with E-state index in [1.165, 1.54) is 0 Å². The zero-order chi connectivity index (χ0) is 24.0. The summed E-state index contributed by atoms with van der Waals surface area (Å²) in [5.41, 5.74) is 1.23. The first-order valence-electron chi connectivity index (χ1n) is 11.4. The molecule has 0 saturated carbocycles. The van der Waals surface area contributed by atoms with Gasteiger partial charge >= 0.3 is 18.1 Å². The van der Waals surface area contributed by atoms with Gasteiger partial charge in [-0.05, 0) is 46.1 Å². The molecule has 2 heterocycles. The minimum Gasteiger partial charge on any atom is -0.463 e. The summed E-state index contributed by atoms with van der Waals surface area (Å²) in [7, 11) is 0. The SMILES string of the molecule is CCOC(=O)C1=C(CN2CCC(NC(=O)OC(C)(C)C)CC2)NC(=O)N[C@@H]1c1ccccc1. The van der Waals surface area contributed by atoms with Crippen LogP contribution in [0.2, 0.25) is 0 Å². The van der Waals surface area contributed by atoms with Crippen molar-refractivity contribution >= 4 is 18.1 Å². The fourth-order valence-corrected chi connectivity index (χ4v) is 4.02. The van der Waals surface area contributed by atoms with Gasteiger partial charge in [0, 0.05) is 31.4 Å². The number of esters is 1. The summed E-state index contributed by atoms with van der Waals surface area (Å²) in [5, 5.41) is 8.59. The number of nitrogens with zero attached hydrogens (tertiary/aromatic N) is 1. The zero-order valence-electron chi connectivity index (χ0n) is 19.8. The maximum Gasteiger partial charge on any atom is 0.407 e. The first-order valence-corrected chi connectivity index (χ1v) is 11.4. The third-order valence-electron chi connectivity index (χ3n) is 5.47. The van der Waals surface area contributed by atoms with Crippen LogP contribution in [0.3, 0.4) is 0 Å². The smallest absolute Gasteiger partial charge is 0.407 e. The van der Waals surface area contributed by atoms with E-state index in [9.17, 15) is 14.4 Å². The number of ether oxygens (including phenoxy) is 2. The van der Waals surface area contributed by atoms with Gasteiger partial charge in [0.2, 0.25) is 0 Å². The standard InChI is InChI=1S/C24H34N4O5/c1-5-32-21(29)19-18(26-22(30)27-20(19)16-9-7-6-8-10-16)15-28-13-11-17(12-14-28)25-23(31)33-24(2,3)4/h6-10,17,20H,5,11-15H2,1-4H3,(H,25,31)(H2,26,27,30)/t20-/m1/s1. The lowest BCUT2D eigenvalue weighted by Crippen LogP contribution is -2.50. The van der Waals surface area contributed by atoms with Crippen molar-refractivity contribution in [1.82, 2.24) is 20.9 Å². The Morgan fingerprint density at radius 2 is 1.82 bits per heavy atom. The van der Waals surface area contributed by atoms with E-state index >= 15 is 0 Å². The molecule has 2 aliphatic rings. The molecular weight excluding hydrogens is 424 g/mol. The molecule has 3 amide bonds. The lowest BCUT2D eigenvalue weighted by atomic mass is 9.94. The van der Waals surface area contributed by atoms with Crippen LogP contribution in [0, 0.1) is 0 Å². The van der Waals surface area contributed by atoms with Crippen LogP contribution in [0.1, 0.15) is 52.1 Å². The maximum atomic E-state index is 12.9. The fraction of sp³-hybridized carbons (Fsp3) is 0.542. The van der Waals surface area contributed by atoms with Gasteiger partial charge < -0.3 is 25.4 Å². The highest BCUT2D eigenvalue weighted by Gasteiger charge is 2.35. The Hall–Kier alpha value is -3.07. The second kappa shape index (κ2) is 10.7. The van der Waals surface area contributed by atoms with Crippen LogP contribution in [0.25, 0.3) is 0 Å². The van der Waals surface area contributed by atoms with Crippen molar-refractivity contribution in [3.63, 3.8) is 0 Å². The Labute approximate surface area is 194 Å². The van der Waals surface area contributed by atoms with Crippen molar-refractivity contribution in [2.75, 3.05) is 26.2 Å². The average molecular weight is 459 g/mol. The van der Waals surface area contributed by atoms with E-state index in [4.69, 9.17) is 9.47 Å². The molecule has 1 aromatic carbocycles. The number of rotatable bonds is 6. The van der Waals surface area contributed by atoms with Gasteiger partial charge in [0.25, 0.3) is 0 Å². The summed E-state index contributed by atoms with van der Waals surface area (Å²) in [6.45, 7) is 9.32. The van der Waals surface area contributed by atoms with Gasteiger partial charge in [-0.25, -0.2) is 14.4 Å². The van der Waals surface area contributed by atoms with Gasteiger partial charge in [0.15, 0.2) is 0 Å². The molecule has 2 aliphatic heterocycles. The van der Waals surface area contributed by atoms with Crippen LogP contribution in [0.4, 0.5) is 9.59 Å². The summed E-state index contributed by atoms with van der Waals surface area (Å²) < 4.78 is 10.7. The molecule has 0 spiro atoms. The van der Waals surface area contributed by atoms with Gasteiger partial charge in [-0.15, -0.1) is 0 Å². The number of benzene rings is 1. The fourth-order valence-electron chi connectivity index (χ4n) is 4.02. The van der Waals surface area contributed by atoms with Crippen molar-refractivity contribution in [2.24, 2.45) is 0 Å². The van der Waals surface area contributed by atoms with Crippen LogP contribution in [-0.2, 0) is 14.3 Å². The van der Waals surface area contributed by atoms with E-state index in [0.29, 0.717) is 30.9 Å². The molecule has 33 heavy (non-hydrogen) atoms. The summed E-state index contributed by atoms with van der Waals surface area (Å²) in [4.78, 5) is 39.5. The Morgan fingerprint density at radius 1 is 1.15 bits per heavy atom. The van der Waals surface area contributed by atoms with E-state index < -0.39 is 23.7 Å². The van der Waals surface area contributed by atoms with Gasteiger partial charge in [-0.2, -0.15) is 0 Å². The highest BCUT2D eigenvalue weighted by Crippen LogP contribution is 2.28. The molecule has 180 valence electrons. The first-order chi connectivity index (χ1) is 15.7. The molecule has 0 aromatic heterocycles. The number of nitrogens with one attached hydrogen (secondary N) is 3. The molecule has 1 aromatic rings. The predicted octanol–water partition coefficient (Wildman–Crippen LogP) is 2.85. The quantitative estimate of drug-likeness (QED) is 0.566. The van der Waals surface area contributed by atoms with Crippen LogP contribution in [0.15, 0.2) is 41.6 Å². The Bertz CT molecular complexity index is 886. The van der Waals surface area contributed by atoms with E-state index in [-0.39, 0.29) is 18.7 Å². The number of amides is 3. The predicted molar refractivity (Wildman–Crippen MR) is 123 cm³/mol. The van der Waals surface area contributed by atoms with Gasteiger partial charge in [-0.3, -0.25) is 4.90 Å². The van der Waals surface area contributed by atoms with E-state index in [1.54, 1.807) is 6.92 Å². The summed E-state index contributed by atoms with van der Waals surface area (Å²) in [6.07, 6.45) is 1.08. The largest absolute Gasteiger partial charge is 0.463 e. The Kier molecular flexibility index (Phi) is 7.97. The Morgan fingerprint density at radius 3 is 2.42 bits per heavy atom. The van der Waals surface area contributed by atoms with Crippen molar-refractivity contribution in [3.05, 3.63) is 47.2 Å². The summed E-state index contributed by atoms with van der Waals surface area (Å²) in [5.74, 6) is -0.449. The molecule has 3 N–H and O–H groups in total. The Balaban J connectivity index is 1.71. The first kappa shape index (κ1) is 24.6. The molecule has 1 fully saturated rings. The number of carbonyl (C=O) groups is 3. The van der Waals surface area contributed by atoms with Gasteiger partial charge in [0.1, 0.15) is 5.60 Å². The summed E-state index contributed by atoms with van der Waals surface area (Å²) in [6, 6.07) is 8.46. The topological polar surface area (TPSA) is 109 Å². The molecule has 9 nitrogen and oxygen atoms in total. The number of likely N-dealkylation sites (tertiary alicyclic amines) is 1. The molecule has 0 unspecified atom stereocenters. The lowest BCUT2D eigenvalue weighted by molar-refractivity contribution is -0.139. The number of urea groups is 1. The van der Waals surface area contributed by atoms with E-state index in [1.807, 2.05) is 51.1 Å². The number of carbonyl (C=O) groups excluding carboxylic acids is 3. The minimum absolute atomic E-state index is 0.0225. The molecular formula is C24H34N4O5. The molecule has 1 atom stereocenters. The highest BCUT2D eigenvalue weighted by molar-refractivity contribution is 5.95. The van der Waals surface area contributed by atoms with Crippen molar-refractivity contribution in [2.45, 2.75) is 58.2 Å². The van der Waals surface area contributed by atoms with Crippen molar-refractivity contribution in [1.29, 1.82) is 0 Å². The highest BCUT2D eigenvalue weighted by atomic mass is 16.6. The van der Waals surface area contributed by atoms with E-state index in [2.05, 4.69) is 20.9 Å². The molecule has 3 rings (SSSR count). The molecule has 0 bridgehead atoms. The van der Waals surface area contributed by atoms with Crippen molar-refractivity contribution < 1.29 is 23.9 Å². The average Bonchev–Trinajstić information content (AvgIpc) is 2.74. The normalized spacial score (nSPS) is 20.0. The summed E-state index contributed by atoms with van der Waals surface area (Å²) >= 11 is 0. The molecule has 9 heteroatoms. The van der Waals surface area contributed by atoms with Crippen molar-refractivity contribution in [3.8, 4) is 0 Å². The van der Waals surface area contributed by atoms with Gasteiger partial charge in [-0.1, -0.05) is 30.3 Å².